The van der Waals surface area contributed by atoms with E-state index in [4.69, 9.17) is 0 Å². The number of para-hydroxylation sites is 1. The van der Waals surface area contributed by atoms with Crippen molar-refractivity contribution in [2.45, 2.75) is 17.5 Å². The Morgan fingerprint density at radius 2 is 2.24 bits per heavy atom. The maximum atomic E-state index is 4.54. The van der Waals surface area contributed by atoms with Crippen LogP contribution in [0.5, 0.6) is 0 Å². The standard InChI is InChI=1S/C12H12IN2S.HI/c13-7-9-5-6-16-12-10-3-1-2-4-11(10)14-8-15(9)12;/h1-4,8-9H,5-7H2;1H/q+1;/p-1. The summed E-state index contributed by atoms with van der Waals surface area (Å²) >= 11 is 4.43. The molecule has 1 unspecified atom stereocenters. The van der Waals surface area contributed by atoms with Gasteiger partial charge in [0.25, 0.3) is 6.33 Å². The van der Waals surface area contributed by atoms with Gasteiger partial charge in [-0.1, -0.05) is 46.5 Å². The number of hydrogen-bond acceptors (Lipinski definition) is 2. The monoisotopic (exact) mass is 470 g/mol. The molecule has 2 aromatic rings. The second-order valence-corrected chi connectivity index (χ2v) is 5.88. The average molecular weight is 470 g/mol. The van der Waals surface area contributed by atoms with Crippen molar-refractivity contribution in [3.63, 3.8) is 0 Å². The van der Waals surface area contributed by atoms with Crippen LogP contribution in [0.15, 0.2) is 35.6 Å². The third-order valence-corrected chi connectivity index (χ3v) is 5.11. The van der Waals surface area contributed by atoms with Crippen molar-refractivity contribution in [1.82, 2.24) is 4.98 Å². The highest BCUT2D eigenvalue weighted by Crippen LogP contribution is 2.30. The second kappa shape index (κ2) is 6.01. The molecule has 0 bridgehead atoms. The molecule has 0 saturated carbocycles. The normalized spacial score (nSPS) is 18.5. The summed E-state index contributed by atoms with van der Waals surface area (Å²) in [6, 6.07) is 9.03. The molecular weight excluding hydrogens is 458 g/mol. The summed E-state index contributed by atoms with van der Waals surface area (Å²) < 4.78 is 3.51. The van der Waals surface area contributed by atoms with Gasteiger partial charge in [-0.05, 0) is 23.5 Å². The van der Waals surface area contributed by atoms with Crippen LogP contribution in [0.2, 0.25) is 0 Å². The summed E-state index contributed by atoms with van der Waals surface area (Å²) in [5, 5.41) is 2.68. The summed E-state index contributed by atoms with van der Waals surface area (Å²) in [5.74, 6) is 1.22. The molecule has 1 aliphatic heterocycles. The minimum atomic E-state index is 0. The Balaban J connectivity index is 0.00000108. The van der Waals surface area contributed by atoms with Gasteiger partial charge in [0, 0.05) is 10.2 Å². The lowest BCUT2D eigenvalue weighted by molar-refractivity contribution is -0.754. The van der Waals surface area contributed by atoms with E-state index in [9.17, 15) is 0 Å². The highest BCUT2D eigenvalue weighted by molar-refractivity contribution is 14.1. The van der Waals surface area contributed by atoms with Crippen molar-refractivity contribution in [2.24, 2.45) is 0 Å². The van der Waals surface area contributed by atoms with Crippen molar-refractivity contribution in [3.05, 3.63) is 30.6 Å². The number of alkyl halides is 1. The zero-order valence-corrected chi connectivity index (χ0v) is 14.3. The summed E-state index contributed by atoms with van der Waals surface area (Å²) in [5.41, 5.74) is 1.11. The fraction of sp³-hybridized carbons (Fsp3) is 0.333. The summed E-state index contributed by atoms with van der Waals surface area (Å²) in [4.78, 5) is 4.54. The van der Waals surface area contributed by atoms with Crippen LogP contribution in [0, 0.1) is 0 Å². The number of benzene rings is 1. The predicted molar refractivity (Wildman–Crippen MR) is 75.2 cm³/mol. The van der Waals surface area contributed by atoms with Gasteiger partial charge in [0.1, 0.15) is 6.04 Å². The average Bonchev–Trinajstić information content (AvgIpc) is 2.37. The van der Waals surface area contributed by atoms with Gasteiger partial charge >= 0.3 is 0 Å². The van der Waals surface area contributed by atoms with Crippen molar-refractivity contribution in [3.8, 4) is 0 Å². The molecule has 0 fully saturated rings. The third kappa shape index (κ3) is 2.56. The molecule has 2 heterocycles. The number of fused-ring (bicyclic) bond motifs is 3. The lowest BCUT2D eigenvalue weighted by atomic mass is 10.2. The molecule has 0 radical (unpaired) electrons. The van der Waals surface area contributed by atoms with Gasteiger partial charge in [-0.3, -0.25) is 0 Å². The van der Waals surface area contributed by atoms with Crippen molar-refractivity contribution >= 4 is 45.3 Å². The van der Waals surface area contributed by atoms with E-state index >= 15 is 0 Å². The Hall–Kier alpha value is 0.370. The summed E-state index contributed by atoms with van der Waals surface area (Å²) in [6.07, 6.45) is 3.26. The maximum Gasteiger partial charge on any atom is 0.288 e. The molecule has 0 amide bonds. The van der Waals surface area contributed by atoms with Crippen molar-refractivity contribution in [1.29, 1.82) is 0 Å². The first kappa shape index (κ1) is 13.8. The van der Waals surface area contributed by atoms with Crippen molar-refractivity contribution in [2.75, 3.05) is 10.2 Å². The number of hydrogen-bond donors (Lipinski definition) is 0. The predicted octanol–water partition coefficient (Wildman–Crippen LogP) is -0.00180. The molecule has 0 spiro atoms. The van der Waals surface area contributed by atoms with E-state index in [0.29, 0.717) is 6.04 Å². The van der Waals surface area contributed by atoms with E-state index < -0.39 is 0 Å². The summed E-state index contributed by atoms with van der Waals surface area (Å²) in [6.45, 7) is 0. The Morgan fingerprint density at radius 3 is 3.06 bits per heavy atom. The molecule has 1 aromatic carbocycles. The molecular formula is C12H12I2N2S. The van der Waals surface area contributed by atoms with E-state index in [1.807, 2.05) is 18.1 Å². The summed E-state index contributed by atoms with van der Waals surface area (Å²) in [7, 11) is 0. The first-order valence-corrected chi connectivity index (χ1v) is 7.89. The van der Waals surface area contributed by atoms with Crippen LogP contribution in [0.3, 0.4) is 0 Å². The van der Waals surface area contributed by atoms with Gasteiger partial charge in [0.05, 0.1) is 5.39 Å². The number of nitrogens with zero attached hydrogens (tertiary/aromatic N) is 2. The van der Waals surface area contributed by atoms with Gasteiger partial charge in [-0.2, -0.15) is 0 Å². The van der Waals surface area contributed by atoms with Crippen LogP contribution in [0.1, 0.15) is 12.5 Å². The molecule has 0 aliphatic carbocycles. The van der Waals surface area contributed by atoms with Crippen LogP contribution >= 0.6 is 34.4 Å². The second-order valence-electron chi connectivity index (χ2n) is 3.92. The molecule has 5 heteroatoms. The van der Waals surface area contributed by atoms with Gasteiger partial charge in [0.2, 0.25) is 0 Å². The molecule has 1 aromatic heterocycles. The fourth-order valence-corrected chi connectivity index (χ4v) is 4.20. The van der Waals surface area contributed by atoms with Gasteiger partial charge < -0.3 is 24.0 Å². The van der Waals surface area contributed by atoms with Gasteiger partial charge in [0.15, 0.2) is 10.5 Å². The number of aromatic nitrogens is 2. The highest BCUT2D eigenvalue weighted by atomic mass is 127. The molecule has 1 atom stereocenters. The zero-order chi connectivity index (χ0) is 11.0. The molecule has 1 aliphatic rings. The molecule has 90 valence electrons. The zero-order valence-electron chi connectivity index (χ0n) is 9.14. The fourth-order valence-electron chi connectivity index (χ4n) is 2.08. The highest BCUT2D eigenvalue weighted by Gasteiger charge is 2.26. The van der Waals surface area contributed by atoms with E-state index in [-0.39, 0.29) is 24.0 Å². The van der Waals surface area contributed by atoms with Crippen LogP contribution in [-0.2, 0) is 0 Å². The molecule has 17 heavy (non-hydrogen) atoms. The third-order valence-electron chi connectivity index (χ3n) is 2.95. The number of rotatable bonds is 1. The lowest BCUT2D eigenvalue weighted by Crippen LogP contribution is -3.00. The molecule has 0 N–H and O–H groups in total. The smallest absolute Gasteiger partial charge is 0.288 e. The van der Waals surface area contributed by atoms with E-state index in [1.165, 1.54) is 22.6 Å². The number of thioether (sulfide) groups is 1. The van der Waals surface area contributed by atoms with Crippen molar-refractivity contribution < 1.29 is 28.5 Å². The molecule has 0 saturated heterocycles. The minimum absolute atomic E-state index is 0. The van der Waals surface area contributed by atoms with Crippen LogP contribution < -0.4 is 28.5 Å². The van der Waals surface area contributed by atoms with Crippen LogP contribution in [-0.4, -0.2) is 15.2 Å². The first-order valence-electron chi connectivity index (χ1n) is 5.38. The Labute approximate surface area is 136 Å². The van der Waals surface area contributed by atoms with Gasteiger partial charge in [-0.15, -0.1) is 0 Å². The Morgan fingerprint density at radius 1 is 1.41 bits per heavy atom. The Kier molecular flexibility index (Phi) is 4.88. The minimum Gasteiger partial charge on any atom is -1.00 e. The first-order chi connectivity index (χ1) is 7.90. The largest absolute Gasteiger partial charge is 1.00 e. The van der Waals surface area contributed by atoms with Gasteiger partial charge in [-0.25, -0.2) is 4.57 Å². The molecule has 3 rings (SSSR count). The SMILES string of the molecule is ICC1CCSc2c3ccccc3nc[n+]21.[I-]. The number of halogens is 2. The van der Waals surface area contributed by atoms with Crippen LogP contribution in [0.4, 0.5) is 0 Å². The topological polar surface area (TPSA) is 16.8 Å². The van der Waals surface area contributed by atoms with E-state index in [0.717, 1.165) is 9.94 Å². The van der Waals surface area contributed by atoms with E-state index in [1.54, 1.807) is 0 Å². The molecule has 2 nitrogen and oxygen atoms in total. The quantitative estimate of drug-likeness (QED) is 0.253. The maximum absolute atomic E-state index is 4.54. The van der Waals surface area contributed by atoms with Crippen LogP contribution in [0.25, 0.3) is 10.9 Å². The Bertz CT molecular complexity index is 533. The van der Waals surface area contributed by atoms with E-state index in [2.05, 4.69) is 56.4 Å². The lowest BCUT2D eigenvalue weighted by Gasteiger charge is -2.20.